The van der Waals surface area contributed by atoms with Crippen LogP contribution in [0, 0.1) is 0 Å². The minimum Gasteiger partial charge on any atom is -0.476 e. The van der Waals surface area contributed by atoms with Crippen molar-refractivity contribution in [3.8, 4) is 0 Å². The van der Waals surface area contributed by atoms with E-state index in [0.717, 1.165) is 0 Å². The van der Waals surface area contributed by atoms with Gasteiger partial charge in [-0.15, -0.1) is 0 Å². The van der Waals surface area contributed by atoms with Crippen LogP contribution >= 0.6 is 11.8 Å². The summed E-state index contributed by atoms with van der Waals surface area (Å²) >= 11 is 1.26. The number of hydrogen-bond acceptors (Lipinski definition) is 4. The molecular weight excluding hydrogens is 240 g/mol. The molecule has 2 heterocycles. The molecule has 2 aromatic rings. The van der Waals surface area contributed by atoms with E-state index in [0.29, 0.717) is 10.7 Å². The first-order valence-electron chi connectivity index (χ1n) is 5.11. The van der Waals surface area contributed by atoms with Crippen molar-refractivity contribution in [2.45, 2.75) is 17.2 Å². The molecule has 0 amide bonds. The van der Waals surface area contributed by atoms with Crippen molar-refractivity contribution in [3.63, 3.8) is 0 Å². The van der Waals surface area contributed by atoms with Gasteiger partial charge in [0.15, 0.2) is 5.69 Å². The minimum absolute atomic E-state index is 0.0163. The molecule has 17 heavy (non-hydrogen) atoms. The van der Waals surface area contributed by atoms with Crippen molar-refractivity contribution in [2.24, 2.45) is 0 Å². The monoisotopic (exact) mass is 252 g/mol. The first kappa shape index (κ1) is 11.9. The van der Waals surface area contributed by atoms with Crippen molar-refractivity contribution < 1.29 is 15.0 Å². The van der Waals surface area contributed by atoms with Crippen LogP contribution in [0.5, 0.6) is 0 Å². The summed E-state index contributed by atoms with van der Waals surface area (Å²) in [5.74, 6) is -1.02. The Balaban J connectivity index is 2.54. The van der Waals surface area contributed by atoms with Gasteiger partial charge in [-0.1, -0.05) is 24.8 Å². The standard InChI is InChI=1S/C11H12N2O3S/c1-7(6-14)17-10-9(11(15)16)13-5-3-2-4-8(13)12-10/h2-5,7,14H,6H2,1H3,(H,15,16). The zero-order valence-electron chi connectivity index (χ0n) is 9.20. The molecule has 2 rings (SSSR count). The van der Waals surface area contributed by atoms with Gasteiger partial charge in [-0.3, -0.25) is 4.40 Å². The Morgan fingerprint density at radius 3 is 3.00 bits per heavy atom. The quantitative estimate of drug-likeness (QED) is 0.807. The molecule has 0 aliphatic heterocycles. The molecule has 2 aromatic heterocycles. The molecule has 0 saturated heterocycles. The van der Waals surface area contributed by atoms with Crippen LogP contribution in [0.25, 0.3) is 5.65 Å². The fourth-order valence-electron chi connectivity index (χ4n) is 1.48. The zero-order chi connectivity index (χ0) is 12.4. The molecule has 0 aromatic carbocycles. The zero-order valence-corrected chi connectivity index (χ0v) is 10.0. The molecule has 2 N–H and O–H groups in total. The van der Waals surface area contributed by atoms with E-state index >= 15 is 0 Å². The van der Waals surface area contributed by atoms with Gasteiger partial charge < -0.3 is 10.2 Å². The van der Waals surface area contributed by atoms with Crippen LogP contribution in [0.2, 0.25) is 0 Å². The van der Waals surface area contributed by atoms with E-state index in [9.17, 15) is 9.90 Å². The van der Waals surface area contributed by atoms with Gasteiger partial charge in [0, 0.05) is 11.4 Å². The molecule has 0 saturated carbocycles. The Morgan fingerprint density at radius 2 is 2.35 bits per heavy atom. The Kier molecular flexibility index (Phi) is 3.35. The van der Waals surface area contributed by atoms with E-state index in [1.54, 1.807) is 24.4 Å². The predicted octanol–water partition coefficient (Wildman–Crippen LogP) is 1.51. The van der Waals surface area contributed by atoms with Gasteiger partial charge in [-0.2, -0.15) is 0 Å². The van der Waals surface area contributed by atoms with E-state index in [1.165, 1.54) is 16.2 Å². The summed E-state index contributed by atoms with van der Waals surface area (Å²) in [7, 11) is 0. The lowest BCUT2D eigenvalue weighted by atomic mass is 10.4. The predicted molar refractivity (Wildman–Crippen MR) is 64.6 cm³/mol. The summed E-state index contributed by atoms with van der Waals surface area (Å²) in [5, 5.41) is 18.5. The van der Waals surface area contributed by atoms with Crippen LogP contribution in [-0.4, -0.2) is 37.4 Å². The number of carboxylic acid groups (broad SMARTS) is 1. The van der Waals surface area contributed by atoms with Gasteiger partial charge in [0.1, 0.15) is 10.7 Å². The van der Waals surface area contributed by atoms with Gasteiger partial charge >= 0.3 is 5.97 Å². The number of thioether (sulfide) groups is 1. The van der Waals surface area contributed by atoms with Crippen molar-refractivity contribution in [3.05, 3.63) is 30.1 Å². The van der Waals surface area contributed by atoms with Crippen molar-refractivity contribution >= 4 is 23.4 Å². The fourth-order valence-corrected chi connectivity index (χ4v) is 2.38. The van der Waals surface area contributed by atoms with E-state index in [-0.39, 0.29) is 17.6 Å². The highest BCUT2D eigenvalue weighted by atomic mass is 32.2. The third-order valence-electron chi connectivity index (χ3n) is 2.27. The lowest BCUT2D eigenvalue weighted by Crippen LogP contribution is -2.06. The number of pyridine rings is 1. The smallest absolute Gasteiger partial charge is 0.355 e. The minimum atomic E-state index is -1.02. The second-order valence-electron chi connectivity index (χ2n) is 3.61. The maximum absolute atomic E-state index is 11.2. The third-order valence-corrected chi connectivity index (χ3v) is 3.33. The molecule has 1 unspecified atom stereocenters. The number of aromatic carboxylic acids is 1. The lowest BCUT2D eigenvalue weighted by molar-refractivity contribution is 0.0685. The number of fused-ring (bicyclic) bond motifs is 1. The second-order valence-corrected chi connectivity index (χ2v) is 5.04. The molecular formula is C11H12N2O3S. The Labute approximate surface area is 102 Å². The maximum atomic E-state index is 11.2. The second kappa shape index (κ2) is 4.77. The number of aromatic nitrogens is 2. The first-order chi connectivity index (χ1) is 8.13. The summed E-state index contributed by atoms with van der Waals surface area (Å²) in [6.07, 6.45) is 1.67. The molecule has 0 radical (unpaired) electrons. The molecule has 0 spiro atoms. The fraction of sp³-hybridized carbons (Fsp3) is 0.273. The lowest BCUT2D eigenvalue weighted by Gasteiger charge is -2.05. The van der Waals surface area contributed by atoms with Crippen LogP contribution < -0.4 is 0 Å². The number of nitrogens with zero attached hydrogens (tertiary/aromatic N) is 2. The Hall–Kier alpha value is -1.53. The summed E-state index contributed by atoms with van der Waals surface area (Å²) in [6.45, 7) is 1.80. The number of carbonyl (C=O) groups is 1. The number of aliphatic hydroxyl groups excluding tert-OH is 1. The maximum Gasteiger partial charge on any atom is 0.355 e. The molecule has 0 aliphatic rings. The molecule has 6 heteroatoms. The first-order valence-corrected chi connectivity index (χ1v) is 5.99. The average Bonchev–Trinajstić information content (AvgIpc) is 2.66. The Morgan fingerprint density at radius 1 is 1.59 bits per heavy atom. The van der Waals surface area contributed by atoms with Gasteiger partial charge in [0.05, 0.1) is 6.61 Å². The summed E-state index contributed by atoms with van der Waals surface area (Å²) in [6, 6.07) is 5.31. The number of aliphatic hydroxyl groups is 1. The average molecular weight is 252 g/mol. The highest BCUT2D eigenvalue weighted by Gasteiger charge is 2.20. The number of imidazole rings is 1. The molecule has 5 nitrogen and oxygen atoms in total. The van der Waals surface area contributed by atoms with Crippen LogP contribution in [0.1, 0.15) is 17.4 Å². The van der Waals surface area contributed by atoms with E-state index in [4.69, 9.17) is 5.11 Å². The normalized spacial score (nSPS) is 12.8. The number of carboxylic acids is 1. The molecule has 1 atom stereocenters. The molecule has 0 bridgehead atoms. The molecule has 0 aliphatic carbocycles. The highest BCUT2D eigenvalue weighted by Crippen LogP contribution is 2.26. The van der Waals surface area contributed by atoms with Crippen LogP contribution in [-0.2, 0) is 0 Å². The van der Waals surface area contributed by atoms with Crippen molar-refractivity contribution in [1.29, 1.82) is 0 Å². The third kappa shape index (κ3) is 2.27. The van der Waals surface area contributed by atoms with E-state index in [1.807, 2.05) is 6.92 Å². The van der Waals surface area contributed by atoms with Gasteiger partial charge in [-0.25, -0.2) is 9.78 Å². The van der Waals surface area contributed by atoms with Crippen molar-refractivity contribution in [2.75, 3.05) is 6.61 Å². The SMILES string of the molecule is CC(CO)Sc1nc2ccccn2c1C(=O)O. The number of hydrogen-bond donors (Lipinski definition) is 2. The van der Waals surface area contributed by atoms with Crippen molar-refractivity contribution in [1.82, 2.24) is 9.38 Å². The highest BCUT2D eigenvalue weighted by molar-refractivity contribution is 7.99. The van der Waals surface area contributed by atoms with Crippen LogP contribution in [0.15, 0.2) is 29.4 Å². The van der Waals surface area contributed by atoms with Crippen LogP contribution in [0.4, 0.5) is 0 Å². The summed E-state index contributed by atoms with van der Waals surface area (Å²) < 4.78 is 1.54. The van der Waals surface area contributed by atoms with E-state index in [2.05, 4.69) is 4.98 Å². The molecule has 90 valence electrons. The molecule has 0 fully saturated rings. The van der Waals surface area contributed by atoms with Gasteiger partial charge in [0.25, 0.3) is 0 Å². The van der Waals surface area contributed by atoms with Gasteiger partial charge in [-0.05, 0) is 12.1 Å². The topological polar surface area (TPSA) is 74.8 Å². The summed E-state index contributed by atoms with van der Waals surface area (Å²) in [5.41, 5.74) is 0.739. The van der Waals surface area contributed by atoms with Gasteiger partial charge in [0.2, 0.25) is 0 Å². The Bertz CT molecular complexity index is 553. The number of rotatable bonds is 4. The largest absolute Gasteiger partial charge is 0.476 e. The van der Waals surface area contributed by atoms with Crippen LogP contribution in [0.3, 0.4) is 0 Å². The summed E-state index contributed by atoms with van der Waals surface area (Å²) in [4.78, 5) is 15.5. The van der Waals surface area contributed by atoms with E-state index < -0.39 is 5.97 Å².